The Balaban J connectivity index is 2.22. The number of anilines is 1. The van der Waals surface area contributed by atoms with Gasteiger partial charge in [0.1, 0.15) is 5.76 Å². The molecular weight excluding hydrogens is 280 g/mol. The molecule has 2 rings (SSSR count). The molecule has 0 aliphatic rings. The molecule has 0 saturated heterocycles. The van der Waals surface area contributed by atoms with Crippen LogP contribution in [0.5, 0.6) is 0 Å². The van der Waals surface area contributed by atoms with Crippen molar-refractivity contribution >= 4 is 21.6 Å². The predicted octanol–water partition coefficient (Wildman–Crippen LogP) is 3.46. The van der Waals surface area contributed by atoms with E-state index < -0.39 is 0 Å². The van der Waals surface area contributed by atoms with Crippen LogP contribution in [0, 0.1) is 6.92 Å². The SMILES string of the molecule is Cc1ccccc1NC(CN)c1occc1Br. The van der Waals surface area contributed by atoms with Gasteiger partial charge in [-0.1, -0.05) is 18.2 Å². The fourth-order valence-corrected chi connectivity index (χ4v) is 2.19. The van der Waals surface area contributed by atoms with Crippen molar-refractivity contribution in [3.8, 4) is 0 Å². The summed E-state index contributed by atoms with van der Waals surface area (Å²) >= 11 is 3.45. The molecule has 90 valence electrons. The van der Waals surface area contributed by atoms with E-state index >= 15 is 0 Å². The van der Waals surface area contributed by atoms with Crippen molar-refractivity contribution in [1.82, 2.24) is 0 Å². The topological polar surface area (TPSA) is 51.2 Å². The largest absolute Gasteiger partial charge is 0.466 e. The van der Waals surface area contributed by atoms with E-state index in [1.54, 1.807) is 6.26 Å². The van der Waals surface area contributed by atoms with Gasteiger partial charge in [0, 0.05) is 12.2 Å². The highest BCUT2D eigenvalue weighted by molar-refractivity contribution is 9.10. The average molecular weight is 295 g/mol. The predicted molar refractivity (Wildman–Crippen MR) is 73.0 cm³/mol. The number of hydrogen-bond acceptors (Lipinski definition) is 3. The number of para-hydroxylation sites is 1. The first kappa shape index (κ1) is 12.2. The summed E-state index contributed by atoms with van der Waals surface area (Å²) in [6, 6.07) is 9.96. The molecule has 0 saturated carbocycles. The first-order chi connectivity index (χ1) is 8.22. The van der Waals surface area contributed by atoms with Crippen LogP contribution in [-0.4, -0.2) is 6.54 Å². The van der Waals surface area contributed by atoms with Crippen LogP contribution in [0.15, 0.2) is 45.5 Å². The molecule has 0 aliphatic carbocycles. The first-order valence-corrected chi connectivity index (χ1v) is 6.27. The van der Waals surface area contributed by atoms with Crippen LogP contribution < -0.4 is 11.1 Å². The zero-order valence-electron chi connectivity index (χ0n) is 9.61. The van der Waals surface area contributed by atoms with E-state index in [2.05, 4.69) is 34.2 Å². The van der Waals surface area contributed by atoms with Crippen molar-refractivity contribution in [3.05, 3.63) is 52.4 Å². The van der Waals surface area contributed by atoms with Crippen molar-refractivity contribution in [2.75, 3.05) is 11.9 Å². The zero-order chi connectivity index (χ0) is 12.3. The second-order valence-corrected chi connectivity index (χ2v) is 4.73. The van der Waals surface area contributed by atoms with Crippen LogP contribution in [0.4, 0.5) is 5.69 Å². The molecule has 1 aromatic carbocycles. The summed E-state index contributed by atoms with van der Waals surface area (Å²) in [6.07, 6.45) is 1.65. The Kier molecular flexibility index (Phi) is 3.86. The van der Waals surface area contributed by atoms with Crippen LogP contribution in [0.3, 0.4) is 0 Å². The Hall–Kier alpha value is -1.26. The molecule has 0 aliphatic heterocycles. The monoisotopic (exact) mass is 294 g/mol. The lowest BCUT2D eigenvalue weighted by molar-refractivity contribution is 0.479. The summed E-state index contributed by atoms with van der Waals surface area (Å²) < 4.78 is 6.38. The lowest BCUT2D eigenvalue weighted by atomic mass is 10.1. The molecule has 0 bridgehead atoms. The number of furan rings is 1. The highest BCUT2D eigenvalue weighted by atomic mass is 79.9. The molecule has 0 spiro atoms. The summed E-state index contributed by atoms with van der Waals surface area (Å²) in [5, 5.41) is 3.39. The molecule has 0 radical (unpaired) electrons. The number of rotatable bonds is 4. The van der Waals surface area contributed by atoms with Gasteiger partial charge in [0.2, 0.25) is 0 Å². The maximum absolute atomic E-state index is 5.79. The fourth-order valence-electron chi connectivity index (χ4n) is 1.71. The Morgan fingerprint density at radius 2 is 2.12 bits per heavy atom. The van der Waals surface area contributed by atoms with Crippen LogP contribution >= 0.6 is 15.9 Å². The number of nitrogens with one attached hydrogen (secondary N) is 1. The van der Waals surface area contributed by atoms with Gasteiger partial charge in [-0.25, -0.2) is 0 Å². The molecule has 1 atom stereocenters. The molecular formula is C13H15BrN2O. The molecule has 0 fully saturated rings. The Labute approximate surface area is 109 Å². The molecule has 0 amide bonds. The molecule has 2 aromatic rings. The third-order valence-electron chi connectivity index (χ3n) is 2.67. The quantitative estimate of drug-likeness (QED) is 0.908. The van der Waals surface area contributed by atoms with Crippen LogP contribution in [0.1, 0.15) is 17.4 Å². The second kappa shape index (κ2) is 5.38. The number of hydrogen-bond donors (Lipinski definition) is 2. The van der Waals surface area contributed by atoms with Gasteiger partial charge in [-0.05, 0) is 40.5 Å². The third-order valence-corrected chi connectivity index (χ3v) is 3.33. The molecule has 3 N–H and O–H groups in total. The molecule has 4 heteroatoms. The van der Waals surface area contributed by atoms with E-state index in [1.165, 1.54) is 5.56 Å². The van der Waals surface area contributed by atoms with Crippen molar-refractivity contribution in [3.63, 3.8) is 0 Å². The van der Waals surface area contributed by atoms with Gasteiger partial charge < -0.3 is 15.5 Å². The first-order valence-electron chi connectivity index (χ1n) is 5.47. The fraction of sp³-hybridized carbons (Fsp3) is 0.231. The number of benzene rings is 1. The molecule has 3 nitrogen and oxygen atoms in total. The van der Waals surface area contributed by atoms with Gasteiger partial charge >= 0.3 is 0 Å². The zero-order valence-corrected chi connectivity index (χ0v) is 11.2. The summed E-state index contributed by atoms with van der Waals surface area (Å²) in [5.41, 5.74) is 8.05. The van der Waals surface area contributed by atoms with Crippen molar-refractivity contribution < 1.29 is 4.42 Å². The van der Waals surface area contributed by atoms with Crippen LogP contribution in [-0.2, 0) is 0 Å². The normalized spacial score (nSPS) is 12.4. The maximum Gasteiger partial charge on any atom is 0.141 e. The van der Waals surface area contributed by atoms with Gasteiger partial charge in [0.05, 0.1) is 16.8 Å². The van der Waals surface area contributed by atoms with E-state index in [0.29, 0.717) is 6.54 Å². The van der Waals surface area contributed by atoms with Crippen molar-refractivity contribution in [1.29, 1.82) is 0 Å². The van der Waals surface area contributed by atoms with Gasteiger partial charge in [-0.15, -0.1) is 0 Å². The Bertz CT molecular complexity index is 496. The third kappa shape index (κ3) is 2.70. The van der Waals surface area contributed by atoms with Crippen molar-refractivity contribution in [2.24, 2.45) is 5.73 Å². The highest BCUT2D eigenvalue weighted by Crippen LogP contribution is 2.27. The second-order valence-electron chi connectivity index (χ2n) is 3.88. The highest BCUT2D eigenvalue weighted by Gasteiger charge is 2.16. The lowest BCUT2D eigenvalue weighted by Gasteiger charge is -2.18. The number of aryl methyl sites for hydroxylation is 1. The smallest absolute Gasteiger partial charge is 0.141 e. The minimum Gasteiger partial charge on any atom is -0.466 e. The summed E-state index contributed by atoms with van der Waals surface area (Å²) in [6.45, 7) is 2.54. The summed E-state index contributed by atoms with van der Waals surface area (Å²) in [5.74, 6) is 0.829. The van der Waals surface area contributed by atoms with E-state index in [4.69, 9.17) is 10.2 Å². The van der Waals surface area contributed by atoms with Gasteiger partial charge in [-0.2, -0.15) is 0 Å². The van der Waals surface area contributed by atoms with Crippen LogP contribution in [0.2, 0.25) is 0 Å². The lowest BCUT2D eigenvalue weighted by Crippen LogP contribution is -2.20. The summed E-state index contributed by atoms with van der Waals surface area (Å²) in [4.78, 5) is 0. The molecule has 17 heavy (non-hydrogen) atoms. The Morgan fingerprint density at radius 1 is 1.35 bits per heavy atom. The van der Waals surface area contributed by atoms with E-state index in [0.717, 1.165) is 15.9 Å². The minimum absolute atomic E-state index is 0.0273. The summed E-state index contributed by atoms with van der Waals surface area (Å²) in [7, 11) is 0. The molecule has 1 heterocycles. The van der Waals surface area contributed by atoms with E-state index in [-0.39, 0.29) is 6.04 Å². The maximum atomic E-state index is 5.79. The van der Waals surface area contributed by atoms with E-state index in [9.17, 15) is 0 Å². The molecule has 1 unspecified atom stereocenters. The van der Waals surface area contributed by atoms with Gasteiger partial charge in [0.25, 0.3) is 0 Å². The minimum atomic E-state index is -0.0273. The van der Waals surface area contributed by atoms with E-state index in [1.807, 2.05) is 24.3 Å². The molecule has 1 aromatic heterocycles. The van der Waals surface area contributed by atoms with Gasteiger partial charge in [-0.3, -0.25) is 0 Å². The van der Waals surface area contributed by atoms with Gasteiger partial charge in [0.15, 0.2) is 0 Å². The van der Waals surface area contributed by atoms with Crippen molar-refractivity contribution in [2.45, 2.75) is 13.0 Å². The average Bonchev–Trinajstić information content (AvgIpc) is 2.75. The Morgan fingerprint density at radius 3 is 2.71 bits per heavy atom. The standard InChI is InChI=1S/C13H15BrN2O/c1-9-4-2-3-5-11(9)16-12(8-15)13-10(14)6-7-17-13/h2-7,12,16H,8,15H2,1H3. The number of nitrogens with two attached hydrogens (primary N) is 1. The van der Waals surface area contributed by atoms with Crippen LogP contribution in [0.25, 0.3) is 0 Å². The number of halogens is 1.